The number of amidine groups is 1. The van der Waals surface area contributed by atoms with E-state index in [-0.39, 0.29) is 23.7 Å². The Morgan fingerprint density at radius 3 is 2.67 bits per heavy atom. The van der Waals surface area contributed by atoms with Crippen molar-refractivity contribution >= 4 is 15.9 Å². The monoisotopic (exact) mass is 318 g/mol. The summed E-state index contributed by atoms with van der Waals surface area (Å²) in [6.45, 7) is 0.140. The van der Waals surface area contributed by atoms with E-state index in [2.05, 4.69) is 4.40 Å². The molecular weight excluding hydrogens is 305 g/mol. The van der Waals surface area contributed by atoms with Gasteiger partial charge in [0, 0.05) is 18.7 Å². The van der Waals surface area contributed by atoms with Crippen LogP contribution >= 0.6 is 0 Å². The molecule has 0 bridgehead atoms. The largest absolute Gasteiger partial charge is 0.393 e. The Bertz CT molecular complexity index is 698. The summed E-state index contributed by atoms with van der Waals surface area (Å²) < 4.78 is 66.2. The van der Waals surface area contributed by atoms with E-state index < -0.39 is 22.1 Å². The number of likely N-dealkylation sites (tertiary alicyclic amines) is 1. The van der Waals surface area contributed by atoms with Gasteiger partial charge in [-0.1, -0.05) is 12.1 Å². The first-order valence-corrected chi connectivity index (χ1v) is 7.99. The first-order chi connectivity index (χ1) is 9.79. The standard InChI is InChI=1S/C13H13F3N2O2S/c14-13(15,16)9-4-3-7-18(8-9)12-10-5-1-2-6-11(10)21(19,20)17-12/h1-2,5-6,9H,3-4,7-8H2/t9-/m0/s1. The second kappa shape index (κ2) is 4.72. The Morgan fingerprint density at radius 2 is 1.95 bits per heavy atom. The number of fused-ring (bicyclic) bond motifs is 1. The van der Waals surface area contributed by atoms with Crippen LogP contribution < -0.4 is 0 Å². The van der Waals surface area contributed by atoms with Crippen LogP contribution in [0, 0.1) is 5.92 Å². The third-order valence-electron chi connectivity index (χ3n) is 3.80. The van der Waals surface area contributed by atoms with Crippen LogP contribution in [0.25, 0.3) is 0 Å². The van der Waals surface area contributed by atoms with E-state index >= 15 is 0 Å². The Balaban J connectivity index is 1.95. The van der Waals surface area contributed by atoms with Gasteiger partial charge in [0.05, 0.1) is 5.92 Å². The van der Waals surface area contributed by atoms with Crippen LogP contribution in [0.15, 0.2) is 33.6 Å². The van der Waals surface area contributed by atoms with Crippen molar-refractivity contribution in [2.24, 2.45) is 10.3 Å². The van der Waals surface area contributed by atoms with E-state index in [1.807, 2.05) is 0 Å². The molecule has 0 unspecified atom stereocenters. The molecule has 1 aromatic rings. The summed E-state index contributed by atoms with van der Waals surface area (Å²) in [5.41, 5.74) is 0.389. The van der Waals surface area contributed by atoms with Crippen LogP contribution in [-0.2, 0) is 10.0 Å². The number of hydrogen-bond donors (Lipinski definition) is 0. The summed E-state index contributed by atoms with van der Waals surface area (Å²) in [5.74, 6) is -1.30. The van der Waals surface area contributed by atoms with Crippen molar-refractivity contribution in [1.82, 2.24) is 4.90 Å². The molecule has 0 aromatic heterocycles. The number of rotatable bonds is 0. The van der Waals surface area contributed by atoms with E-state index in [1.165, 1.54) is 11.0 Å². The van der Waals surface area contributed by atoms with E-state index in [9.17, 15) is 21.6 Å². The molecule has 0 spiro atoms. The van der Waals surface area contributed by atoms with Gasteiger partial charge in [0.2, 0.25) is 0 Å². The smallest absolute Gasteiger partial charge is 0.355 e. The summed E-state index contributed by atoms with van der Waals surface area (Å²) in [4.78, 5) is 1.50. The van der Waals surface area contributed by atoms with Gasteiger partial charge in [-0.3, -0.25) is 0 Å². The van der Waals surface area contributed by atoms with Crippen molar-refractivity contribution < 1.29 is 21.6 Å². The van der Waals surface area contributed by atoms with Gasteiger partial charge in [-0.25, -0.2) is 0 Å². The van der Waals surface area contributed by atoms with E-state index in [0.717, 1.165) is 0 Å². The molecule has 1 atom stereocenters. The summed E-state index contributed by atoms with van der Waals surface area (Å²) in [7, 11) is -3.79. The van der Waals surface area contributed by atoms with Crippen molar-refractivity contribution in [2.45, 2.75) is 23.9 Å². The summed E-state index contributed by atoms with van der Waals surface area (Å²) in [6, 6.07) is 6.23. The normalized spacial score (nSPS) is 24.6. The van der Waals surface area contributed by atoms with Crippen molar-refractivity contribution in [2.75, 3.05) is 13.1 Å². The predicted octanol–water partition coefficient (Wildman–Crippen LogP) is 2.41. The number of hydrogen-bond acceptors (Lipinski definition) is 3. The molecule has 0 amide bonds. The zero-order valence-corrected chi connectivity index (χ0v) is 11.8. The Hall–Kier alpha value is -1.57. The minimum atomic E-state index is -4.27. The van der Waals surface area contributed by atoms with Gasteiger partial charge in [-0.2, -0.15) is 21.6 Å². The average molecular weight is 318 g/mol. The number of alkyl halides is 3. The molecule has 4 nitrogen and oxygen atoms in total. The van der Waals surface area contributed by atoms with Crippen molar-refractivity contribution in [3.8, 4) is 0 Å². The predicted molar refractivity (Wildman–Crippen MR) is 70.5 cm³/mol. The SMILES string of the molecule is O=S1(=O)N=C(N2CCC[C@H](C(F)(F)F)C2)c2ccccc21. The maximum atomic E-state index is 12.9. The minimum absolute atomic E-state index is 0.0640. The molecule has 1 fully saturated rings. The molecule has 0 radical (unpaired) electrons. The second-order valence-corrected chi connectivity index (χ2v) is 6.79. The lowest BCUT2D eigenvalue weighted by molar-refractivity contribution is -0.183. The lowest BCUT2D eigenvalue weighted by atomic mass is 9.97. The van der Waals surface area contributed by atoms with Gasteiger partial charge in [-0.15, -0.1) is 4.40 Å². The van der Waals surface area contributed by atoms with Gasteiger partial charge in [0.15, 0.2) is 5.84 Å². The van der Waals surface area contributed by atoms with Crippen molar-refractivity contribution in [1.29, 1.82) is 0 Å². The Morgan fingerprint density at radius 1 is 1.24 bits per heavy atom. The molecule has 2 aliphatic heterocycles. The van der Waals surface area contributed by atoms with Gasteiger partial charge < -0.3 is 4.90 Å². The third kappa shape index (κ3) is 2.52. The molecule has 0 N–H and O–H groups in total. The van der Waals surface area contributed by atoms with Crippen molar-refractivity contribution in [3.63, 3.8) is 0 Å². The highest BCUT2D eigenvalue weighted by Gasteiger charge is 2.43. The highest BCUT2D eigenvalue weighted by molar-refractivity contribution is 7.90. The van der Waals surface area contributed by atoms with Crippen LogP contribution in [0.3, 0.4) is 0 Å². The summed E-state index contributed by atoms with van der Waals surface area (Å²) in [6.07, 6.45) is -3.83. The average Bonchev–Trinajstić information content (AvgIpc) is 2.71. The molecule has 114 valence electrons. The van der Waals surface area contributed by atoms with E-state index in [4.69, 9.17) is 0 Å². The molecule has 0 saturated carbocycles. The molecule has 2 heterocycles. The molecule has 1 saturated heterocycles. The number of halogens is 3. The van der Waals surface area contributed by atoms with Crippen molar-refractivity contribution in [3.05, 3.63) is 29.8 Å². The zero-order valence-electron chi connectivity index (χ0n) is 11.0. The first-order valence-electron chi connectivity index (χ1n) is 6.55. The second-order valence-electron chi connectivity index (χ2n) is 5.21. The molecule has 8 heteroatoms. The first kappa shape index (κ1) is 14.4. The summed E-state index contributed by atoms with van der Waals surface area (Å²) in [5, 5.41) is 0. The number of sulfonamides is 1. The van der Waals surface area contributed by atoms with Crippen LogP contribution in [0.4, 0.5) is 13.2 Å². The quantitative estimate of drug-likeness (QED) is 0.738. The fourth-order valence-electron chi connectivity index (χ4n) is 2.75. The van der Waals surface area contributed by atoms with Crippen LogP contribution in [0.2, 0.25) is 0 Å². The maximum Gasteiger partial charge on any atom is 0.393 e. The molecule has 2 aliphatic rings. The Labute approximate surface area is 120 Å². The van der Waals surface area contributed by atoms with Gasteiger partial charge in [0.1, 0.15) is 4.90 Å². The van der Waals surface area contributed by atoms with E-state index in [0.29, 0.717) is 18.5 Å². The fraction of sp³-hybridized carbons (Fsp3) is 0.462. The maximum absolute atomic E-state index is 12.9. The third-order valence-corrected chi connectivity index (χ3v) is 5.12. The Kier molecular flexibility index (Phi) is 3.23. The minimum Gasteiger partial charge on any atom is -0.355 e. The van der Waals surface area contributed by atoms with Gasteiger partial charge in [-0.05, 0) is 25.0 Å². The van der Waals surface area contributed by atoms with Crippen LogP contribution in [0.1, 0.15) is 18.4 Å². The number of nitrogens with zero attached hydrogens (tertiary/aromatic N) is 2. The van der Waals surface area contributed by atoms with Crippen LogP contribution in [-0.4, -0.2) is 38.4 Å². The molecule has 1 aromatic carbocycles. The van der Waals surface area contributed by atoms with Crippen LogP contribution in [0.5, 0.6) is 0 Å². The molecular formula is C13H13F3N2O2S. The molecule has 21 heavy (non-hydrogen) atoms. The van der Waals surface area contributed by atoms with Gasteiger partial charge >= 0.3 is 6.18 Å². The van der Waals surface area contributed by atoms with E-state index in [1.54, 1.807) is 18.2 Å². The zero-order chi connectivity index (χ0) is 15.3. The highest BCUT2D eigenvalue weighted by Crippen LogP contribution is 2.35. The lowest BCUT2D eigenvalue weighted by Crippen LogP contribution is -2.44. The topological polar surface area (TPSA) is 49.7 Å². The van der Waals surface area contributed by atoms with Gasteiger partial charge in [0.25, 0.3) is 10.0 Å². The molecule has 0 aliphatic carbocycles. The number of piperidine rings is 1. The lowest BCUT2D eigenvalue weighted by Gasteiger charge is -2.34. The highest BCUT2D eigenvalue weighted by atomic mass is 32.2. The summed E-state index contributed by atoms with van der Waals surface area (Å²) >= 11 is 0. The number of benzene rings is 1. The fourth-order valence-corrected chi connectivity index (χ4v) is 3.98. The molecule has 3 rings (SSSR count).